The van der Waals surface area contributed by atoms with Crippen LogP contribution in [-0.2, 0) is 12.0 Å². The first-order valence-corrected chi connectivity index (χ1v) is 7.44. The second kappa shape index (κ2) is 6.04. The highest BCUT2D eigenvalue weighted by Gasteiger charge is 2.36. The summed E-state index contributed by atoms with van der Waals surface area (Å²) in [6, 6.07) is 5.72. The summed E-state index contributed by atoms with van der Waals surface area (Å²) in [7, 11) is 1.36. The molecule has 1 aromatic carbocycles. The number of rotatable bonds is 4. The van der Waals surface area contributed by atoms with Gasteiger partial charge in [0, 0.05) is 17.5 Å². The summed E-state index contributed by atoms with van der Waals surface area (Å²) in [6.07, 6.45) is 3.64. The number of nitrogens with one attached hydrogen (secondary N) is 1. The summed E-state index contributed by atoms with van der Waals surface area (Å²) in [5, 5.41) is 13.4. The van der Waals surface area contributed by atoms with Gasteiger partial charge in [-0.25, -0.2) is 4.39 Å². The number of methoxy groups -OCH3 is 1. The number of aliphatic hydroxyl groups is 1. The molecular weight excluding hydrogens is 301 g/mol. The van der Waals surface area contributed by atoms with Crippen molar-refractivity contribution in [1.29, 1.82) is 0 Å². The van der Waals surface area contributed by atoms with Crippen LogP contribution in [-0.4, -0.2) is 24.7 Å². The lowest BCUT2D eigenvalue weighted by molar-refractivity contribution is 0.0169. The average Bonchev–Trinajstić information content (AvgIpc) is 3.03. The number of halogens is 1. The molecule has 1 unspecified atom stereocenters. The van der Waals surface area contributed by atoms with Gasteiger partial charge < -0.3 is 19.6 Å². The Morgan fingerprint density at radius 1 is 1.48 bits per heavy atom. The fraction of sp³-hybridized carbons (Fsp3) is 0.353. The number of aryl methyl sites for hydroxylation is 1. The van der Waals surface area contributed by atoms with E-state index < -0.39 is 17.3 Å². The van der Waals surface area contributed by atoms with Gasteiger partial charge in [-0.1, -0.05) is 0 Å². The number of carbonyl (C=O) groups is 1. The molecule has 0 aliphatic heterocycles. The quantitative estimate of drug-likeness (QED) is 0.907. The summed E-state index contributed by atoms with van der Waals surface area (Å²) < 4.78 is 23.8. The molecule has 0 saturated heterocycles. The Morgan fingerprint density at radius 3 is 3.04 bits per heavy atom. The van der Waals surface area contributed by atoms with Crippen LogP contribution in [0.25, 0.3) is 0 Å². The van der Waals surface area contributed by atoms with E-state index >= 15 is 0 Å². The Bertz CT molecular complexity index is 727. The molecule has 5 nitrogen and oxygen atoms in total. The van der Waals surface area contributed by atoms with Crippen molar-refractivity contribution in [2.75, 3.05) is 13.7 Å². The molecule has 1 aliphatic rings. The molecule has 0 spiro atoms. The van der Waals surface area contributed by atoms with Gasteiger partial charge in [0.15, 0.2) is 11.6 Å². The van der Waals surface area contributed by atoms with E-state index in [0.29, 0.717) is 12.0 Å². The predicted octanol–water partition coefficient (Wildman–Crippen LogP) is 2.38. The number of hydrogen-bond donors (Lipinski definition) is 2. The zero-order valence-corrected chi connectivity index (χ0v) is 12.8. The number of fused-ring (bicyclic) bond motifs is 1. The van der Waals surface area contributed by atoms with Gasteiger partial charge in [0.1, 0.15) is 11.4 Å². The molecule has 1 aromatic heterocycles. The van der Waals surface area contributed by atoms with Crippen LogP contribution in [0.15, 0.2) is 34.9 Å². The largest absolute Gasteiger partial charge is 0.494 e. The lowest BCUT2D eigenvalue weighted by Crippen LogP contribution is -2.42. The van der Waals surface area contributed by atoms with E-state index in [4.69, 9.17) is 9.15 Å². The van der Waals surface area contributed by atoms with Crippen LogP contribution >= 0.6 is 0 Å². The van der Waals surface area contributed by atoms with Gasteiger partial charge in [-0.15, -0.1) is 0 Å². The Kier molecular flexibility index (Phi) is 4.09. The first kappa shape index (κ1) is 15.6. The van der Waals surface area contributed by atoms with Crippen LogP contribution in [0.3, 0.4) is 0 Å². The van der Waals surface area contributed by atoms with Crippen molar-refractivity contribution in [2.24, 2.45) is 0 Å². The minimum Gasteiger partial charge on any atom is -0.494 e. The maximum Gasteiger partial charge on any atom is 0.251 e. The molecule has 1 heterocycles. The Morgan fingerprint density at radius 2 is 2.30 bits per heavy atom. The normalized spacial score (nSPS) is 20.0. The minimum absolute atomic E-state index is 0.0476. The number of furan rings is 1. The van der Waals surface area contributed by atoms with E-state index in [1.54, 1.807) is 12.3 Å². The van der Waals surface area contributed by atoms with Gasteiger partial charge in [-0.05, 0) is 37.1 Å². The molecule has 0 fully saturated rings. The molecule has 0 radical (unpaired) electrons. The fourth-order valence-corrected chi connectivity index (χ4v) is 2.94. The number of carbonyl (C=O) groups excluding carboxylic acids is 1. The molecule has 1 atom stereocenters. The second-order valence-corrected chi connectivity index (χ2v) is 5.67. The first-order chi connectivity index (χ1) is 11.0. The molecule has 23 heavy (non-hydrogen) atoms. The van der Waals surface area contributed by atoms with Crippen LogP contribution in [0.4, 0.5) is 4.39 Å². The topological polar surface area (TPSA) is 71.7 Å². The summed E-state index contributed by atoms with van der Waals surface area (Å²) in [5.74, 6) is -0.219. The summed E-state index contributed by atoms with van der Waals surface area (Å²) >= 11 is 0. The number of hydrogen-bond acceptors (Lipinski definition) is 4. The summed E-state index contributed by atoms with van der Waals surface area (Å²) in [4.78, 5) is 12.2. The van der Waals surface area contributed by atoms with Crippen molar-refractivity contribution in [2.45, 2.75) is 24.9 Å². The van der Waals surface area contributed by atoms with Crippen LogP contribution in [0.1, 0.15) is 34.5 Å². The smallest absolute Gasteiger partial charge is 0.251 e. The molecule has 1 amide bonds. The van der Waals surface area contributed by atoms with Crippen molar-refractivity contribution in [3.8, 4) is 5.75 Å². The van der Waals surface area contributed by atoms with Gasteiger partial charge >= 0.3 is 0 Å². The third-order valence-corrected chi connectivity index (χ3v) is 4.20. The lowest BCUT2D eigenvalue weighted by atomic mass is 9.83. The van der Waals surface area contributed by atoms with Gasteiger partial charge in [-0.3, -0.25) is 4.79 Å². The number of benzene rings is 1. The molecular formula is C17H18FNO4. The van der Waals surface area contributed by atoms with E-state index in [2.05, 4.69) is 5.32 Å². The van der Waals surface area contributed by atoms with Crippen LogP contribution in [0.5, 0.6) is 5.75 Å². The summed E-state index contributed by atoms with van der Waals surface area (Å²) in [6.45, 7) is 0.0476. The fourth-order valence-electron chi connectivity index (χ4n) is 2.94. The van der Waals surface area contributed by atoms with E-state index in [1.807, 2.05) is 0 Å². The summed E-state index contributed by atoms with van der Waals surface area (Å²) in [5.41, 5.74) is -0.263. The molecule has 6 heteroatoms. The average molecular weight is 319 g/mol. The van der Waals surface area contributed by atoms with Crippen LogP contribution < -0.4 is 10.1 Å². The molecule has 2 N–H and O–H groups in total. The molecule has 3 rings (SSSR count). The lowest BCUT2D eigenvalue weighted by Gasteiger charge is -2.31. The predicted molar refractivity (Wildman–Crippen MR) is 80.8 cm³/mol. The molecule has 1 aliphatic carbocycles. The highest BCUT2D eigenvalue weighted by Crippen LogP contribution is 2.35. The van der Waals surface area contributed by atoms with Crippen LogP contribution in [0.2, 0.25) is 0 Å². The van der Waals surface area contributed by atoms with Gasteiger partial charge in [0.2, 0.25) is 0 Å². The van der Waals surface area contributed by atoms with Crippen molar-refractivity contribution in [3.63, 3.8) is 0 Å². The Hall–Kier alpha value is -2.34. The van der Waals surface area contributed by atoms with Crippen molar-refractivity contribution in [1.82, 2.24) is 5.32 Å². The maximum atomic E-state index is 13.7. The van der Waals surface area contributed by atoms with Gasteiger partial charge in [0.25, 0.3) is 5.91 Å². The van der Waals surface area contributed by atoms with Gasteiger partial charge in [-0.2, -0.15) is 0 Å². The second-order valence-electron chi connectivity index (χ2n) is 5.67. The van der Waals surface area contributed by atoms with Crippen molar-refractivity contribution < 1.29 is 23.4 Å². The number of amides is 1. The zero-order chi connectivity index (χ0) is 16.4. The molecule has 0 bridgehead atoms. The monoisotopic (exact) mass is 319 g/mol. The molecule has 0 saturated carbocycles. The van der Waals surface area contributed by atoms with Crippen molar-refractivity contribution in [3.05, 3.63) is 53.2 Å². The minimum atomic E-state index is -1.15. The maximum absolute atomic E-state index is 13.7. The first-order valence-electron chi connectivity index (χ1n) is 7.44. The van der Waals surface area contributed by atoms with Crippen molar-refractivity contribution >= 4 is 5.91 Å². The van der Waals surface area contributed by atoms with E-state index in [1.165, 1.54) is 19.2 Å². The Labute approximate surface area is 133 Å². The highest BCUT2D eigenvalue weighted by molar-refractivity contribution is 5.94. The van der Waals surface area contributed by atoms with Crippen LogP contribution in [0, 0.1) is 5.82 Å². The Balaban J connectivity index is 1.71. The van der Waals surface area contributed by atoms with E-state index in [-0.39, 0.29) is 17.9 Å². The molecule has 2 aromatic rings. The van der Waals surface area contributed by atoms with E-state index in [0.717, 1.165) is 24.7 Å². The zero-order valence-electron chi connectivity index (χ0n) is 12.8. The molecule has 122 valence electrons. The standard InChI is InChI=1S/C17H18FNO4/c1-22-15-5-4-11(9-13(15)18)16(20)19-10-17(21)7-2-3-14-12(17)6-8-23-14/h4-6,8-9,21H,2-3,7,10H2,1H3,(H,19,20). The SMILES string of the molecule is COc1ccc(C(=O)NCC2(O)CCCc3occc32)cc1F. The van der Waals surface area contributed by atoms with Gasteiger partial charge in [0.05, 0.1) is 19.9 Å². The number of ether oxygens (including phenoxy) is 1. The van der Waals surface area contributed by atoms with E-state index in [9.17, 15) is 14.3 Å². The highest BCUT2D eigenvalue weighted by atomic mass is 19.1. The third-order valence-electron chi connectivity index (χ3n) is 4.20. The third kappa shape index (κ3) is 2.94.